The van der Waals surface area contributed by atoms with Gasteiger partial charge in [0.1, 0.15) is 5.69 Å². The van der Waals surface area contributed by atoms with Crippen molar-refractivity contribution >= 4 is 11.4 Å². The molecule has 1 aliphatic carbocycles. The first kappa shape index (κ1) is 11.1. The van der Waals surface area contributed by atoms with E-state index in [2.05, 4.69) is 5.32 Å². The molecular formula is C11H14F2N2O. The molecule has 3 nitrogen and oxygen atoms in total. The highest BCUT2D eigenvalue weighted by atomic mass is 19.1. The van der Waals surface area contributed by atoms with Crippen LogP contribution in [0.3, 0.4) is 0 Å². The minimum absolute atomic E-state index is 0.0483. The molecule has 2 rings (SSSR count). The van der Waals surface area contributed by atoms with Crippen molar-refractivity contribution in [1.82, 2.24) is 0 Å². The zero-order valence-corrected chi connectivity index (χ0v) is 8.76. The number of hydrogen-bond donors (Lipinski definition) is 3. The second-order valence-corrected chi connectivity index (χ2v) is 4.28. The van der Waals surface area contributed by atoms with Gasteiger partial charge in [0, 0.05) is 5.69 Å². The quantitative estimate of drug-likeness (QED) is 0.692. The van der Waals surface area contributed by atoms with E-state index in [1.165, 1.54) is 0 Å². The Balaban J connectivity index is 2.27. The highest BCUT2D eigenvalue weighted by molar-refractivity contribution is 5.55. The summed E-state index contributed by atoms with van der Waals surface area (Å²) in [6, 6.07) is 2.13. The zero-order valence-electron chi connectivity index (χ0n) is 8.76. The molecule has 0 radical (unpaired) electrons. The number of benzene rings is 1. The van der Waals surface area contributed by atoms with E-state index in [-0.39, 0.29) is 18.0 Å². The number of aliphatic hydroxyl groups excluding tert-OH is 1. The molecular weight excluding hydrogens is 214 g/mol. The third-order valence-corrected chi connectivity index (χ3v) is 3.07. The van der Waals surface area contributed by atoms with E-state index in [9.17, 15) is 13.9 Å². The largest absolute Gasteiger partial charge is 0.399 e. The van der Waals surface area contributed by atoms with Crippen molar-refractivity contribution in [3.63, 3.8) is 0 Å². The summed E-state index contributed by atoms with van der Waals surface area (Å²) in [6.45, 7) is -0.129. The lowest BCUT2D eigenvalue weighted by Crippen LogP contribution is -2.48. The smallest absolute Gasteiger partial charge is 0.151 e. The second kappa shape index (κ2) is 3.90. The Morgan fingerprint density at radius 2 is 1.88 bits per heavy atom. The molecule has 1 aromatic carbocycles. The van der Waals surface area contributed by atoms with Gasteiger partial charge in [0.2, 0.25) is 0 Å². The minimum Gasteiger partial charge on any atom is -0.399 e. The first-order valence-electron chi connectivity index (χ1n) is 5.20. The van der Waals surface area contributed by atoms with Crippen LogP contribution in [0.1, 0.15) is 19.3 Å². The first-order chi connectivity index (χ1) is 7.56. The third kappa shape index (κ3) is 1.82. The monoisotopic (exact) mass is 228 g/mol. The molecule has 0 bridgehead atoms. The average Bonchev–Trinajstić information content (AvgIpc) is 2.14. The van der Waals surface area contributed by atoms with E-state index >= 15 is 0 Å². The molecule has 16 heavy (non-hydrogen) atoms. The van der Waals surface area contributed by atoms with E-state index in [1.807, 2.05) is 0 Å². The molecule has 1 aromatic rings. The lowest BCUT2D eigenvalue weighted by atomic mass is 9.77. The summed E-state index contributed by atoms with van der Waals surface area (Å²) in [6.07, 6.45) is 2.38. The van der Waals surface area contributed by atoms with Crippen LogP contribution < -0.4 is 11.1 Å². The zero-order chi connectivity index (χ0) is 11.8. The maximum Gasteiger partial charge on any atom is 0.151 e. The molecule has 0 heterocycles. The molecule has 1 saturated carbocycles. The van der Waals surface area contributed by atoms with Gasteiger partial charge in [-0.05, 0) is 31.4 Å². The van der Waals surface area contributed by atoms with Crippen LogP contribution in [0.15, 0.2) is 12.1 Å². The van der Waals surface area contributed by atoms with Gasteiger partial charge in [-0.1, -0.05) is 0 Å². The summed E-state index contributed by atoms with van der Waals surface area (Å²) in [5.41, 5.74) is 4.59. The lowest BCUT2D eigenvalue weighted by molar-refractivity contribution is 0.143. The molecule has 0 spiro atoms. The second-order valence-electron chi connectivity index (χ2n) is 4.28. The molecule has 0 amide bonds. The Hall–Kier alpha value is -1.36. The van der Waals surface area contributed by atoms with E-state index in [0.29, 0.717) is 12.8 Å². The standard InChI is InChI=1S/C11H14F2N2O/c12-8-4-7(14)5-9(13)10(8)15-11(6-16)2-1-3-11/h4-5,15-16H,1-3,6,14H2. The minimum atomic E-state index is -0.725. The van der Waals surface area contributed by atoms with Crippen LogP contribution in [0.5, 0.6) is 0 Å². The number of aliphatic hydroxyl groups is 1. The molecule has 1 fully saturated rings. The van der Waals surface area contributed by atoms with Crippen LogP contribution in [0, 0.1) is 11.6 Å². The molecule has 0 saturated heterocycles. The van der Waals surface area contributed by atoms with Crippen LogP contribution in [-0.4, -0.2) is 17.3 Å². The van der Waals surface area contributed by atoms with Crippen LogP contribution in [0.2, 0.25) is 0 Å². The van der Waals surface area contributed by atoms with E-state index in [1.54, 1.807) is 0 Å². The molecule has 0 aliphatic heterocycles. The van der Waals surface area contributed by atoms with Gasteiger partial charge in [-0.25, -0.2) is 8.78 Å². The summed E-state index contributed by atoms with van der Waals surface area (Å²) in [5.74, 6) is -1.45. The molecule has 88 valence electrons. The van der Waals surface area contributed by atoms with E-state index in [0.717, 1.165) is 18.6 Å². The number of halogens is 2. The third-order valence-electron chi connectivity index (χ3n) is 3.07. The molecule has 0 unspecified atom stereocenters. The van der Waals surface area contributed by atoms with Gasteiger partial charge in [-0.2, -0.15) is 0 Å². The summed E-state index contributed by atoms with van der Waals surface area (Å²) in [5, 5.41) is 12.0. The number of anilines is 2. The van der Waals surface area contributed by atoms with Gasteiger partial charge in [-0.3, -0.25) is 0 Å². The van der Waals surface area contributed by atoms with Gasteiger partial charge < -0.3 is 16.2 Å². The maximum atomic E-state index is 13.5. The molecule has 5 heteroatoms. The molecule has 0 atom stereocenters. The Morgan fingerprint density at radius 3 is 2.25 bits per heavy atom. The van der Waals surface area contributed by atoms with Crippen molar-refractivity contribution in [3.8, 4) is 0 Å². The van der Waals surface area contributed by atoms with Gasteiger partial charge in [0.15, 0.2) is 11.6 Å². The van der Waals surface area contributed by atoms with Gasteiger partial charge in [0.25, 0.3) is 0 Å². The highest BCUT2D eigenvalue weighted by Gasteiger charge is 2.37. The summed E-state index contributed by atoms with van der Waals surface area (Å²) in [4.78, 5) is 0. The first-order valence-corrected chi connectivity index (χ1v) is 5.20. The number of nitrogens with two attached hydrogens (primary N) is 1. The van der Waals surface area contributed by atoms with Crippen molar-refractivity contribution in [3.05, 3.63) is 23.8 Å². The Bertz CT molecular complexity index is 376. The number of nitrogens with one attached hydrogen (secondary N) is 1. The van der Waals surface area contributed by atoms with Crippen LogP contribution >= 0.6 is 0 Å². The van der Waals surface area contributed by atoms with Crippen LogP contribution in [0.25, 0.3) is 0 Å². The fraction of sp³-hybridized carbons (Fsp3) is 0.455. The van der Waals surface area contributed by atoms with Gasteiger partial charge >= 0.3 is 0 Å². The Kier molecular flexibility index (Phi) is 2.71. The normalized spacial score (nSPS) is 17.9. The Labute approximate surface area is 92.3 Å². The fourth-order valence-corrected chi connectivity index (χ4v) is 1.90. The number of rotatable bonds is 3. The van der Waals surface area contributed by atoms with Crippen molar-refractivity contribution in [2.24, 2.45) is 0 Å². The van der Waals surface area contributed by atoms with E-state index in [4.69, 9.17) is 5.73 Å². The molecule has 0 aromatic heterocycles. The van der Waals surface area contributed by atoms with Crippen molar-refractivity contribution in [2.75, 3.05) is 17.7 Å². The van der Waals surface area contributed by atoms with E-state index < -0.39 is 17.2 Å². The summed E-state index contributed by atoms with van der Waals surface area (Å²) in [7, 11) is 0. The topological polar surface area (TPSA) is 58.3 Å². The fourth-order valence-electron chi connectivity index (χ4n) is 1.90. The SMILES string of the molecule is Nc1cc(F)c(NC2(CO)CCC2)c(F)c1. The van der Waals surface area contributed by atoms with Crippen molar-refractivity contribution < 1.29 is 13.9 Å². The van der Waals surface area contributed by atoms with Crippen LogP contribution in [0.4, 0.5) is 20.2 Å². The summed E-state index contributed by atoms with van der Waals surface area (Å²) < 4.78 is 26.9. The number of hydrogen-bond acceptors (Lipinski definition) is 3. The average molecular weight is 228 g/mol. The maximum absolute atomic E-state index is 13.5. The summed E-state index contributed by atoms with van der Waals surface area (Å²) >= 11 is 0. The van der Waals surface area contributed by atoms with Crippen molar-refractivity contribution in [2.45, 2.75) is 24.8 Å². The van der Waals surface area contributed by atoms with Crippen molar-refractivity contribution in [1.29, 1.82) is 0 Å². The van der Waals surface area contributed by atoms with Crippen LogP contribution in [-0.2, 0) is 0 Å². The highest BCUT2D eigenvalue weighted by Crippen LogP contribution is 2.36. The molecule has 1 aliphatic rings. The molecule has 4 N–H and O–H groups in total. The Morgan fingerprint density at radius 1 is 1.31 bits per heavy atom. The lowest BCUT2D eigenvalue weighted by Gasteiger charge is -2.41. The predicted octanol–water partition coefficient (Wildman–Crippen LogP) is 1.87. The van der Waals surface area contributed by atoms with Gasteiger partial charge in [-0.15, -0.1) is 0 Å². The van der Waals surface area contributed by atoms with Gasteiger partial charge in [0.05, 0.1) is 12.1 Å². The predicted molar refractivity (Wildman–Crippen MR) is 58.1 cm³/mol. The number of nitrogen functional groups attached to an aromatic ring is 1.